The summed E-state index contributed by atoms with van der Waals surface area (Å²) in [5.74, 6) is 1.37. The van der Waals surface area contributed by atoms with Gasteiger partial charge < -0.3 is 14.2 Å². The van der Waals surface area contributed by atoms with E-state index in [1.807, 2.05) is 43.3 Å². The standard InChI is InChI=1S/C26H21Cl2NO4S2/c1-16-12-19(8-9-20(16)27)32-10-11-33-24-21(28)13-17(14-22(24)31-2)15-23-25(30)29(26(34)35-23)18-6-4-3-5-7-18/h3-9,12-15H,10-11H2,1-2H3. The second-order valence-corrected chi connectivity index (χ2v) is 9.98. The molecule has 1 saturated heterocycles. The molecule has 1 aliphatic rings. The number of carbonyl (C=O) groups is 1. The van der Waals surface area contributed by atoms with Gasteiger partial charge in [0.2, 0.25) is 0 Å². The van der Waals surface area contributed by atoms with Crippen molar-refractivity contribution >= 4 is 69.2 Å². The minimum absolute atomic E-state index is 0.184. The minimum atomic E-state index is -0.184. The molecule has 0 aromatic heterocycles. The predicted octanol–water partition coefficient (Wildman–Crippen LogP) is 7.17. The first-order valence-corrected chi connectivity index (χ1v) is 12.6. The second kappa shape index (κ2) is 11.4. The minimum Gasteiger partial charge on any atom is -0.493 e. The molecule has 0 spiro atoms. The monoisotopic (exact) mass is 545 g/mol. The summed E-state index contributed by atoms with van der Waals surface area (Å²) < 4.78 is 17.5. The maximum absolute atomic E-state index is 13.0. The van der Waals surface area contributed by atoms with Crippen molar-refractivity contribution in [2.24, 2.45) is 0 Å². The van der Waals surface area contributed by atoms with Gasteiger partial charge in [-0.25, -0.2) is 0 Å². The van der Waals surface area contributed by atoms with Gasteiger partial charge in [0, 0.05) is 5.02 Å². The number of carbonyl (C=O) groups excluding carboxylic acids is 1. The highest BCUT2D eigenvalue weighted by Crippen LogP contribution is 2.40. The first kappa shape index (κ1) is 25.4. The highest BCUT2D eigenvalue weighted by Gasteiger charge is 2.33. The van der Waals surface area contributed by atoms with Crippen molar-refractivity contribution in [3.05, 3.63) is 86.7 Å². The SMILES string of the molecule is COc1cc(C=C2SC(=S)N(c3ccccc3)C2=O)cc(Cl)c1OCCOc1ccc(Cl)c(C)c1. The number of anilines is 1. The molecule has 0 N–H and O–H groups in total. The lowest BCUT2D eigenvalue weighted by atomic mass is 10.1. The van der Waals surface area contributed by atoms with E-state index >= 15 is 0 Å². The third-order valence-corrected chi connectivity index (χ3v) is 7.09. The van der Waals surface area contributed by atoms with Gasteiger partial charge in [-0.2, -0.15) is 0 Å². The molecule has 0 atom stereocenters. The lowest BCUT2D eigenvalue weighted by molar-refractivity contribution is -0.113. The van der Waals surface area contributed by atoms with E-state index in [4.69, 9.17) is 49.6 Å². The Balaban J connectivity index is 1.45. The van der Waals surface area contributed by atoms with Gasteiger partial charge in [-0.3, -0.25) is 9.69 Å². The zero-order valence-corrected chi connectivity index (χ0v) is 22.1. The molecule has 0 bridgehead atoms. The maximum Gasteiger partial charge on any atom is 0.270 e. The molecule has 0 saturated carbocycles. The first-order chi connectivity index (χ1) is 16.9. The number of nitrogens with zero attached hydrogens (tertiary/aromatic N) is 1. The number of ether oxygens (including phenoxy) is 3. The molecule has 1 amide bonds. The second-order valence-electron chi connectivity index (χ2n) is 7.49. The topological polar surface area (TPSA) is 48.0 Å². The molecule has 3 aromatic rings. The number of para-hydroxylation sites is 1. The van der Waals surface area contributed by atoms with E-state index < -0.39 is 0 Å². The van der Waals surface area contributed by atoms with Crippen LogP contribution in [0.1, 0.15) is 11.1 Å². The van der Waals surface area contributed by atoms with E-state index in [0.717, 1.165) is 11.3 Å². The third kappa shape index (κ3) is 5.93. The zero-order chi connectivity index (χ0) is 24.9. The van der Waals surface area contributed by atoms with Crippen LogP contribution in [0.3, 0.4) is 0 Å². The lowest BCUT2D eigenvalue weighted by Crippen LogP contribution is -2.27. The molecule has 3 aromatic carbocycles. The molecule has 0 radical (unpaired) electrons. The first-order valence-electron chi connectivity index (χ1n) is 10.6. The summed E-state index contributed by atoms with van der Waals surface area (Å²) in [5, 5.41) is 1.05. The molecule has 1 fully saturated rings. The summed E-state index contributed by atoms with van der Waals surface area (Å²) in [7, 11) is 1.53. The Morgan fingerprint density at radius 1 is 1.00 bits per heavy atom. The molecule has 9 heteroatoms. The summed E-state index contributed by atoms with van der Waals surface area (Å²) in [5.41, 5.74) is 2.36. The number of aryl methyl sites for hydroxylation is 1. The van der Waals surface area contributed by atoms with Crippen molar-refractivity contribution in [1.29, 1.82) is 0 Å². The highest BCUT2D eigenvalue weighted by molar-refractivity contribution is 8.27. The fourth-order valence-corrected chi connectivity index (χ4v) is 5.08. The van der Waals surface area contributed by atoms with Crippen molar-refractivity contribution in [3.63, 3.8) is 0 Å². The average Bonchev–Trinajstić information content (AvgIpc) is 3.12. The van der Waals surface area contributed by atoms with E-state index in [2.05, 4.69) is 0 Å². The number of thioether (sulfide) groups is 1. The highest BCUT2D eigenvalue weighted by atomic mass is 35.5. The molecule has 0 aliphatic carbocycles. The predicted molar refractivity (Wildman–Crippen MR) is 147 cm³/mol. The number of hydrogen-bond acceptors (Lipinski definition) is 6. The number of benzene rings is 3. The number of thiocarbonyl (C=S) groups is 1. The molecular weight excluding hydrogens is 525 g/mol. The summed E-state index contributed by atoms with van der Waals surface area (Å²) in [6.45, 7) is 2.48. The van der Waals surface area contributed by atoms with Crippen LogP contribution in [-0.2, 0) is 4.79 Å². The lowest BCUT2D eigenvalue weighted by Gasteiger charge is -2.14. The average molecular weight is 546 g/mol. The maximum atomic E-state index is 13.0. The zero-order valence-electron chi connectivity index (χ0n) is 18.9. The van der Waals surface area contributed by atoms with Crippen LogP contribution >= 0.6 is 47.2 Å². The van der Waals surface area contributed by atoms with Crippen molar-refractivity contribution in [3.8, 4) is 17.2 Å². The Hall–Kier alpha value is -2.71. The Labute approximate surface area is 223 Å². The third-order valence-electron chi connectivity index (χ3n) is 5.09. The van der Waals surface area contributed by atoms with Crippen LogP contribution in [0.15, 0.2) is 65.6 Å². The fraction of sp³-hybridized carbons (Fsp3) is 0.154. The molecular formula is C26H21Cl2NO4S2. The summed E-state index contributed by atoms with van der Waals surface area (Å²) in [6, 6.07) is 18.2. The van der Waals surface area contributed by atoms with Gasteiger partial charge in [0.05, 0.1) is 22.7 Å². The molecule has 35 heavy (non-hydrogen) atoms. The summed E-state index contributed by atoms with van der Waals surface area (Å²) in [6.07, 6.45) is 1.74. The van der Waals surface area contributed by atoms with Crippen molar-refractivity contribution in [2.45, 2.75) is 6.92 Å². The Morgan fingerprint density at radius 3 is 2.46 bits per heavy atom. The number of amides is 1. The van der Waals surface area contributed by atoms with E-state index in [1.54, 1.807) is 30.3 Å². The number of halogens is 2. The normalized spacial score (nSPS) is 14.5. The Kier molecular flexibility index (Phi) is 8.23. The van der Waals surface area contributed by atoms with Crippen molar-refractivity contribution < 1.29 is 19.0 Å². The fourth-order valence-electron chi connectivity index (χ4n) is 3.39. The number of hydrogen-bond donors (Lipinski definition) is 0. The summed E-state index contributed by atoms with van der Waals surface area (Å²) in [4.78, 5) is 15.0. The van der Waals surface area contributed by atoms with Gasteiger partial charge >= 0.3 is 0 Å². The molecule has 1 aliphatic heterocycles. The van der Waals surface area contributed by atoms with E-state index in [9.17, 15) is 4.79 Å². The molecule has 1 heterocycles. The summed E-state index contributed by atoms with van der Waals surface area (Å²) >= 11 is 19.2. The van der Waals surface area contributed by atoms with Gasteiger partial charge in [0.15, 0.2) is 15.8 Å². The number of rotatable bonds is 8. The molecule has 180 valence electrons. The van der Waals surface area contributed by atoms with Gasteiger partial charge in [0.1, 0.15) is 19.0 Å². The quantitative estimate of drug-likeness (QED) is 0.170. The molecule has 0 unspecified atom stereocenters. The van der Waals surface area contributed by atoms with Crippen LogP contribution < -0.4 is 19.1 Å². The molecule has 4 rings (SSSR count). The van der Waals surface area contributed by atoms with Crippen LogP contribution in [0.5, 0.6) is 17.2 Å². The van der Waals surface area contributed by atoms with Gasteiger partial charge in [0.25, 0.3) is 5.91 Å². The van der Waals surface area contributed by atoms with Crippen LogP contribution in [0.2, 0.25) is 10.0 Å². The van der Waals surface area contributed by atoms with Crippen molar-refractivity contribution in [1.82, 2.24) is 0 Å². The van der Waals surface area contributed by atoms with Gasteiger partial charge in [-0.1, -0.05) is 65.4 Å². The van der Waals surface area contributed by atoms with Gasteiger partial charge in [-0.05, 0) is 66.6 Å². The number of methoxy groups -OCH3 is 1. The smallest absolute Gasteiger partial charge is 0.270 e. The van der Waals surface area contributed by atoms with E-state index in [-0.39, 0.29) is 12.5 Å². The van der Waals surface area contributed by atoms with Crippen LogP contribution in [0, 0.1) is 6.92 Å². The van der Waals surface area contributed by atoms with E-state index in [0.29, 0.717) is 48.7 Å². The Bertz CT molecular complexity index is 1300. The molecule has 5 nitrogen and oxygen atoms in total. The Morgan fingerprint density at radius 2 is 1.74 bits per heavy atom. The van der Waals surface area contributed by atoms with Crippen LogP contribution in [0.4, 0.5) is 5.69 Å². The van der Waals surface area contributed by atoms with Crippen LogP contribution in [0.25, 0.3) is 6.08 Å². The van der Waals surface area contributed by atoms with Gasteiger partial charge in [-0.15, -0.1) is 0 Å². The van der Waals surface area contributed by atoms with E-state index in [1.165, 1.54) is 23.8 Å². The van der Waals surface area contributed by atoms with Crippen LogP contribution in [-0.4, -0.2) is 30.6 Å². The largest absolute Gasteiger partial charge is 0.493 e. The van der Waals surface area contributed by atoms with Crippen molar-refractivity contribution in [2.75, 3.05) is 25.2 Å².